The van der Waals surface area contributed by atoms with E-state index in [4.69, 9.17) is 4.74 Å². The fourth-order valence-corrected chi connectivity index (χ4v) is 2.47. The Kier molecular flexibility index (Phi) is 4.84. The third-order valence-electron chi connectivity index (χ3n) is 4.00. The second kappa shape index (κ2) is 7.21. The number of hydrogen-bond donors (Lipinski definition) is 1. The number of nitrogens with zero attached hydrogens (tertiary/aromatic N) is 1. The van der Waals surface area contributed by atoms with Crippen molar-refractivity contribution >= 4 is 23.7 Å². The zero-order valence-electron chi connectivity index (χ0n) is 14.2. The van der Waals surface area contributed by atoms with E-state index in [0.717, 1.165) is 22.6 Å². The summed E-state index contributed by atoms with van der Waals surface area (Å²) in [6, 6.07) is 15.8. The molecule has 0 aliphatic carbocycles. The van der Waals surface area contributed by atoms with Crippen molar-refractivity contribution in [2.45, 2.75) is 26.4 Å². The van der Waals surface area contributed by atoms with Crippen LogP contribution in [-0.2, 0) is 4.79 Å². The number of nitrogens with one attached hydrogen (secondary N) is 1. The summed E-state index contributed by atoms with van der Waals surface area (Å²) in [7, 11) is 0. The van der Waals surface area contributed by atoms with Crippen LogP contribution in [0.2, 0.25) is 0 Å². The standard InChI is InChI=1S/C20H20N2O3/c1-3-14(2)25-17-11-9-15(10-12-17)13-18-19(23)22(20(24)21-18)16-7-5-4-6-8-16/h4-14H,3H2,1-2H3,(H,21,24)/b18-13+. The van der Waals surface area contributed by atoms with Gasteiger partial charge in [0.05, 0.1) is 11.8 Å². The van der Waals surface area contributed by atoms with Crippen molar-refractivity contribution in [2.75, 3.05) is 4.90 Å². The predicted molar refractivity (Wildman–Crippen MR) is 97.3 cm³/mol. The molecule has 1 N–H and O–H groups in total. The van der Waals surface area contributed by atoms with Gasteiger partial charge in [-0.1, -0.05) is 37.3 Å². The number of carbonyl (C=O) groups is 2. The largest absolute Gasteiger partial charge is 0.491 e. The number of ether oxygens (including phenoxy) is 1. The van der Waals surface area contributed by atoms with Gasteiger partial charge in [-0.3, -0.25) is 4.79 Å². The monoisotopic (exact) mass is 336 g/mol. The molecule has 3 rings (SSSR count). The molecule has 0 saturated carbocycles. The van der Waals surface area contributed by atoms with Gasteiger partial charge in [-0.05, 0) is 49.2 Å². The number of imide groups is 1. The van der Waals surface area contributed by atoms with E-state index >= 15 is 0 Å². The Balaban J connectivity index is 1.78. The summed E-state index contributed by atoms with van der Waals surface area (Å²) in [5.41, 5.74) is 1.62. The second-order valence-electron chi connectivity index (χ2n) is 5.87. The van der Waals surface area contributed by atoms with Crippen molar-refractivity contribution in [3.05, 3.63) is 65.9 Å². The lowest BCUT2D eigenvalue weighted by Crippen LogP contribution is -2.30. The summed E-state index contributed by atoms with van der Waals surface area (Å²) in [5, 5.41) is 2.62. The molecule has 1 saturated heterocycles. The fourth-order valence-electron chi connectivity index (χ4n) is 2.47. The minimum Gasteiger partial charge on any atom is -0.491 e. The van der Waals surface area contributed by atoms with Gasteiger partial charge >= 0.3 is 6.03 Å². The van der Waals surface area contributed by atoms with Crippen molar-refractivity contribution in [2.24, 2.45) is 0 Å². The number of anilines is 1. The molecule has 5 heteroatoms. The van der Waals surface area contributed by atoms with Gasteiger partial charge in [-0.25, -0.2) is 9.69 Å². The maximum Gasteiger partial charge on any atom is 0.333 e. The summed E-state index contributed by atoms with van der Waals surface area (Å²) >= 11 is 0. The molecular formula is C20H20N2O3. The van der Waals surface area contributed by atoms with Crippen LogP contribution >= 0.6 is 0 Å². The van der Waals surface area contributed by atoms with Crippen LogP contribution in [0.25, 0.3) is 6.08 Å². The van der Waals surface area contributed by atoms with Crippen molar-refractivity contribution in [3.8, 4) is 5.75 Å². The molecule has 1 aliphatic rings. The van der Waals surface area contributed by atoms with Crippen molar-refractivity contribution in [1.82, 2.24) is 5.32 Å². The van der Waals surface area contributed by atoms with Crippen LogP contribution in [0.1, 0.15) is 25.8 Å². The van der Waals surface area contributed by atoms with Crippen molar-refractivity contribution < 1.29 is 14.3 Å². The molecule has 0 spiro atoms. The maximum atomic E-state index is 12.5. The molecule has 1 unspecified atom stereocenters. The number of amides is 3. The zero-order chi connectivity index (χ0) is 17.8. The Hall–Kier alpha value is -3.08. The minimum absolute atomic E-state index is 0.152. The van der Waals surface area contributed by atoms with Gasteiger partial charge in [0.1, 0.15) is 11.4 Å². The van der Waals surface area contributed by atoms with E-state index in [2.05, 4.69) is 12.2 Å². The number of hydrogen-bond acceptors (Lipinski definition) is 3. The molecule has 2 aromatic carbocycles. The summed E-state index contributed by atoms with van der Waals surface area (Å²) < 4.78 is 5.74. The van der Waals surface area contributed by atoms with E-state index in [0.29, 0.717) is 5.69 Å². The Bertz CT molecular complexity index is 797. The van der Waals surface area contributed by atoms with Gasteiger partial charge in [-0.2, -0.15) is 0 Å². The molecule has 5 nitrogen and oxygen atoms in total. The lowest BCUT2D eigenvalue weighted by molar-refractivity contribution is -0.113. The number of carbonyl (C=O) groups excluding carboxylic acids is 2. The van der Waals surface area contributed by atoms with E-state index in [9.17, 15) is 9.59 Å². The van der Waals surface area contributed by atoms with E-state index in [1.54, 1.807) is 30.3 Å². The topological polar surface area (TPSA) is 58.6 Å². The quantitative estimate of drug-likeness (QED) is 0.664. The molecule has 128 valence electrons. The second-order valence-corrected chi connectivity index (χ2v) is 5.87. The fraction of sp³-hybridized carbons (Fsp3) is 0.200. The Morgan fingerprint density at radius 2 is 1.76 bits per heavy atom. The van der Waals surface area contributed by atoms with E-state index in [1.165, 1.54) is 0 Å². The number of rotatable bonds is 5. The molecule has 3 amide bonds. The summed E-state index contributed by atoms with van der Waals surface area (Å²) in [4.78, 5) is 25.8. The average molecular weight is 336 g/mol. The van der Waals surface area contributed by atoms with Gasteiger partial charge < -0.3 is 10.1 Å². The lowest BCUT2D eigenvalue weighted by atomic mass is 10.1. The minimum atomic E-state index is -0.445. The molecule has 0 aromatic heterocycles. The van der Waals surface area contributed by atoms with E-state index in [-0.39, 0.29) is 17.7 Å². The molecule has 1 aliphatic heterocycles. The Morgan fingerprint density at radius 1 is 1.08 bits per heavy atom. The molecule has 2 aromatic rings. The van der Waals surface area contributed by atoms with Crippen LogP contribution in [0.4, 0.5) is 10.5 Å². The van der Waals surface area contributed by atoms with Crippen LogP contribution in [0.15, 0.2) is 60.3 Å². The maximum absolute atomic E-state index is 12.5. The van der Waals surface area contributed by atoms with Crippen LogP contribution < -0.4 is 15.0 Å². The first kappa shape index (κ1) is 16.8. The van der Waals surface area contributed by atoms with Crippen LogP contribution in [0.3, 0.4) is 0 Å². The predicted octanol–water partition coefficient (Wildman–Crippen LogP) is 3.96. The van der Waals surface area contributed by atoms with Gasteiger partial charge in [0.25, 0.3) is 5.91 Å². The first-order valence-electron chi connectivity index (χ1n) is 8.27. The molecule has 1 fully saturated rings. The highest BCUT2D eigenvalue weighted by Crippen LogP contribution is 2.22. The van der Waals surface area contributed by atoms with E-state index < -0.39 is 6.03 Å². The third kappa shape index (κ3) is 3.71. The van der Waals surface area contributed by atoms with Crippen molar-refractivity contribution in [1.29, 1.82) is 0 Å². The molecule has 0 bridgehead atoms. The number of para-hydroxylation sites is 1. The SMILES string of the molecule is CCC(C)Oc1ccc(/C=C2/NC(=O)N(c3ccccc3)C2=O)cc1. The van der Waals surface area contributed by atoms with Crippen LogP contribution in [0, 0.1) is 0 Å². The summed E-state index contributed by atoms with van der Waals surface area (Å²) in [5.74, 6) is 0.417. The molecule has 0 radical (unpaired) electrons. The number of urea groups is 1. The first-order valence-corrected chi connectivity index (χ1v) is 8.27. The third-order valence-corrected chi connectivity index (χ3v) is 4.00. The lowest BCUT2D eigenvalue weighted by Gasteiger charge is -2.12. The van der Waals surface area contributed by atoms with Gasteiger partial charge in [0.15, 0.2) is 0 Å². The van der Waals surface area contributed by atoms with E-state index in [1.807, 2.05) is 37.3 Å². The molecular weight excluding hydrogens is 316 g/mol. The Morgan fingerprint density at radius 3 is 2.40 bits per heavy atom. The molecule has 25 heavy (non-hydrogen) atoms. The average Bonchev–Trinajstić information content (AvgIpc) is 2.90. The Labute approximate surface area is 146 Å². The first-order chi connectivity index (χ1) is 12.1. The van der Waals surface area contributed by atoms with Gasteiger partial charge in [-0.15, -0.1) is 0 Å². The van der Waals surface area contributed by atoms with Crippen molar-refractivity contribution in [3.63, 3.8) is 0 Å². The molecule has 1 heterocycles. The summed E-state index contributed by atoms with van der Waals surface area (Å²) in [6.45, 7) is 4.08. The molecule has 1 atom stereocenters. The van der Waals surface area contributed by atoms with Crippen LogP contribution in [-0.4, -0.2) is 18.0 Å². The highest BCUT2D eigenvalue weighted by molar-refractivity contribution is 6.28. The highest BCUT2D eigenvalue weighted by atomic mass is 16.5. The summed E-state index contributed by atoms with van der Waals surface area (Å²) in [6.07, 6.45) is 2.75. The highest BCUT2D eigenvalue weighted by Gasteiger charge is 2.34. The van der Waals surface area contributed by atoms with Gasteiger partial charge in [0.2, 0.25) is 0 Å². The number of benzene rings is 2. The smallest absolute Gasteiger partial charge is 0.333 e. The zero-order valence-corrected chi connectivity index (χ0v) is 14.2. The normalized spacial score (nSPS) is 16.9. The van der Waals surface area contributed by atoms with Crippen LogP contribution in [0.5, 0.6) is 5.75 Å². The van der Waals surface area contributed by atoms with Gasteiger partial charge in [0, 0.05) is 0 Å².